The Bertz CT molecular complexity index is 467. The van der Waals surface area contributed by atoms with Crippen molar-refractivity contribution in [3.05, 3.63) is 35.5 Å². The van der Waals surface area contributed by atoms with E-state index >= 15 is 0 Å². The zero-order valence-corrected chi connectivity index (χ0v) is 13.0. The number of allylic oxidation sites excluding steroid dienone is 5. The lowest BCUT2D eigenvalue weighted by Crippen LogP contribution is -2.34. The third kappa shape index (κ3) is 4.48. The van der Waals surface area contributed by atoms with Gasteiger partial charge in [-0.25, -0.2) is 0 Å². The van der Waals surface area contributed by atoms with E-state index in [4.69, 9.17) is 4.74 Å². The Labute approximate surface area is 121 Å². The first-order chi connectivity index (χ1) is 9.26. The second-order valence-electron chi connectivity index (χ2n) is 6.13. The molecule has 2 atom stereocenters. The first-order valence-corrected chi connectivity index (χ1v) is 6.92. The molecule has 0 aromatic heterocycles. The average molecular weight is 276 g/mol. The van der Waals surface area contributed by atoms with Crippen LogP contribution in [0.1, 0.15) is 41.0 Å². The third-order valence-corrected chi connectivity index (χ3v) is 3.71. The highest BCUT2D eigenvalue weighted by atomic mass is 16.5. The van der Waals surface area contributed by atoms with E-state index in [2.05, 4.69) is 26.8 Å². The minimum absolute atomic E-state index is 0.0108. The van der Waals surface area contributed by atoms with Gasteiger partial charge in [-0.2, -0.15) is 0 Å². The Kier molecular flexibility index (Phi) is 5.49. The fraction of sp³-hybridized carbons (Fsp3) is 0.529. The minimum atomic E-state index is -0.242. The van der Waals surface area contributed by atoms with Gasteiger partial charge >= 0.3 is 5.97 Å². The molecule has 3 nitrogen and oxygen atoms in total. The summed E-state index contributed by atoms with van der Waals surface area (Å²) in [5.41, 5.74) is 2.14. The molecule has 0 aliphatic heterocycles. The van der Waals surface area contributed by atoms with E-state index in [1.807, 2.05) is 19.1 Å². The molecule has 0 spiro atoms. The summed E-state index contributed by atoms with van der Waals surface area (Å²) in [5.74, 6) is 0.0397. The predicted molar refractivity (Wildman–Crippen MR) is 80.2 cm³/mol. The fourth-order valence-corrected chi connectivity index (χ4v) is 2.83. The molecular formula is C17H24O3. The van der Waals surface area contributed by atoms with E-state index in [1.165, 1.54) is 12.5 Å². The number of hydrogen-bond donors (Lipinski definition) is 0. The molecule has 1 aliphatic rings. The van der Waals surface area contributed by atoms with Gasteiger partial charge in [-0.05, 0) is 43.4 Å². The molecule has 0 radical (unpaired) electrons. The molecule has 110 valence electrons. The maximum atomic E-state index is 11.1. The van der Waals surface area contributed by atoms with E-state index in [-0.39, 0.29) is 23.4 Å². The van der Waals surface area contributed by atoms with Crippen LogP contribution in [0.25, 0.3) is 0 Å². The number of hydrogen-bond acceptors (Lipinski definition) is 3. The van der Waals surface area contributed by atoms with Gasteiger partial charge in [-0.1, -0.05) is 31.6 Å². The number of esters is 1. The summed E-state index contributed by atoms with van der Waals surface area (Å²) in [5, 5.41) is 0. The SMILES string of the molecule is CC(=O)O[C@@H]1C=C(C)[C@H](C=CC(C)=CC=O)C(C)(C)C1. The second kappa shape index (κ2) is 6.69. The molecule has 1 aliphatic carbocycles. The lowest BCUT2D eigenvalue weighted by molar-refractivity contribution is -0.145. The molecule has 0 bridgehead atoms. The van der Waals surface area contributed by atoms with Gasteiger partial charge in [0.15, 0.2) is 0 Å². The molecule has 0 N–H and O–H groups in total. The van der Waals surface area contributed by atoms with Gasteiger partial charge in [-0.3, -0.25) is 9.59 Å². The number of carbonyl (C=O) groups is 2. The Morgan fingerprint density at radius 2 is 2.05 bits per heavy atom. The van der Waals surface area contributed by atoms with Crippen LogP contribution in [0.4, 0.5) is 0 Å². The van der Waals surface area contributed by atoms with Crippen LogP contribution in [0.15, 0.2) is 35.5 Å². The zero-order chi connectivity index (χ0) is 15.3. The van der Waals surface area contributed by atoms with Gasteiger partial charge < -0.3 is 4.74 Å². The van der Waals surface area contributed by atoms with Crippen molar-refractivity contribution in [2.75, 3.05) is 0 Å². The van der Waals surface area contributed by atoms with Gasteiger partial charge in [0.2, 0.25) is 0 Å². The third-order valence-electron chi connectivity index (χ3n) is 3.71. The number of ether oxygens (including phenoxy) is 1. The summed E-state index contributed by atoms with van der Waals surface area (Å²) in [7, 11) is 0. The van der Waals surface area contributed by atoms with E-state index in [9.17, 15) is 9.59 Å². The molecule has 0 saturated carbocycles. The van der Waals surface area contributed by atoms with Crippen LogP contribution in [0.3, 0.4) is 0 Å². The quantitative estimate of drug-likeness (QED) is 0.259. The molecule has 0 fully saturated rings. The van der Waals surface area contributed by atoms with Crippen LogP contribution >= 0.6 is 0 Å². The zero-order valence-electron chi connectivity index (χ0n) is 13.0. The predicted octanol–water partition coefficient (Wildman–Crippen LogP) is 3.61. The van der Waals surface area contributed by atoms with E-state index in [0.29, 0.717) is 0 Å². The van der Waals surface area contributed by atoms with Crippen molar-refractivity contribution < 1.29 is 14.3 Å². The summed E-state index contributed by atoms with van der Waals surface area (Å²) >= 11 is 0. The monoisotopic (exact) mass is 276 g/mol. The van der Waals surface area contributed by atoms with Crippen molar-refractivity contribution in [3.8, 4) is 0 Å². The maximum Gasteiger partial charge on any atom is 0.303 e. The van der Waals surface area contributed by atoms with E-state index in [1.54, 1.807) is 6.08 Å². The van der Waals surface area contributed by atoms with Gasteiger partial charge in [0.25, 0.3) is 0 Å². The second-order valence-corrected chi connectivity index (χ2v) is 6.13. The summed E-state index contributed by atoms with van der Waals surface area (Å²) in [6.07, 6.45) is 9.14. The van der Waals surface area contributed by atoms with Gasteiger partial charge in [0, 0.05) is 12.8 Å². The molecule has 0 aromatic rings. The van der Waals surface area contributed by atoms with Crippen LogP contribution < -0.4 is 0 Å². The normalized spacial score (nSPS) is 26.2. The lowest BCUT2D eigenvalue weighted by atomic mass is 9.67. The summed E-state index contributed by atoms with van der Waals surface area (Å²) < 4.78 is 5.31. The van der Waals surface area contributed by atoms with E-state index < -0.39 is 0 Å². The molecule has 20 heavy (non-hydrogen) atoms. The first kappa shape index (κ1) is 16.4. The van der Waals surface area contributed by atoms with Crippen LogP contribution in [0, 0.1) is 11.3 Å². The molecule has 0 aromatic carbocycles. The van der Waals surface area contributed by atoms with Crippen LogP contribution in [0.5, 0.6) is 0 Å². The molecule has 1 rings (SSSR count). The first-order valence-electron chi connectivity index (χ1n) is 6.92. The molecule has 3 heteroatoms. The Morgan fingerprint density at radius 3 is 2.55 bits per heavy atom. The maximum absolute atomic E-state index is 11.1. The average Bonchev–Trinajstić information content (AvgIpc) is 2.25. The highest BCUT2D eigenvalue weighted by molar-refractivity contribution is 5.67. The number of rotatable bonds is 4. The van der Waals surface area contributed by atoms with Crippen molar-refractivity contribution in [2.45, 2.75) is 47.1 Å². The largest absolute Gasteiger partial charge is 0.458 e. The standard InChI is InChI=1S/C17H24O3/c1-12(8-9-18)6-7-16-13(2)10-15(20-14(3)19)11-17(16,4)5/h6-10,15-16H,11H2,1-5H3/t15-,16+/m1/s1. The molecule has 0 heterocycles. The smallest absolute Gasteiger partial charge is 0.303 e. The topological polar surface area (TPSA) is 43.4 Å². The van der Waals surface area contributed by atoms with Crippen molar-refractivity contribution in [1.29, 1.82) is 0 Å². The Hall–Kier alpha value is -1.64. The van der Waals surface area contributed by atoms with Gasteiger partial charge in [0.05, 0.1) is 0 Å². The lowest BCUT2D eigenvalue weighted by Gasteiger charge is -2.39. The van der Waals surface area contributed by atoms with Crippen LogP contribution in [0.2, 0.25) is 0 Å². The van der Waals surface area contributed by atoms with Crippen molar-refractivity contribution in [1.82, 2.24) is 0 Å². The molecule has 0 saturated heterocycles. The summed E-state index contributed by atoms with van der Waals surface area (Å²) in [4.78, 5) is 21.5. The molecule has 0 amide bonds. The van der Waals surface area contributed by atoms with Gasteiger partial charge in [0.1, 0.15) is 12.4 Å². The summed E-state index contributed by atoms with van der Waals surface area (Å²) in [6, 6.07) is 0. The highest BCUT2D eigenvalue weighted by Gasteiger charge is 2.36. The highest BCUT2D eigenvalue weighted by Crippen LogP contribution is 2.42. The van der Waals surface area contributed by atoms with Gasteiger partial charge in [-0.15, -0.1) is 0 Å². The summed E-state index contributed by atoms with van der Waals surface area (Å²) in [6.45, 7) is 9.75. The van der Waals surface area contributed by atoms with Crippen LogP contribution in [-0.2, 0) is 14.3 Å². The van der Waals surface area contributed by atoms with E-state index in [0.717, 1.165) is 18.3 Å². The fourth-order valence-electron chi connectivity index (χ4n) is 2.83. The molecule has 0 unspecified atom stereocenters. The van der Waals surface area contributed by atoms with Crippen molar-refractivity contribution >= 4 is 12.3 Å². The van der Waals surface area contributed by atoms with Crippen molar-refractivity contribution in [2.24, 2.45) is 11.3 Å². The Balaban J connectivity index is 2.94. The van der Waals surface area contributed by atoms with Crippen molar-refractivity contribution in [3.63, 3.8) is 0 Å². The number of aldehydes is 1. The minimum Gasteiger partial charge on any atom is -0.458 e. The Morgan fingerprint density at radius 1 is 1.40 bits per heavy atom. The number of carbonyl (C=O) groups excluding carboxylic acids is 2. The van der Waals surface area contributed by atoms with Crippen LogP contribution in [-0.4, -0.2) is 18.4 Å². The molecular weight excluding hydrogens is 252 g/mol.